The van der Waals surface area contributed by atoms with Gasteiger partial charge in [-0.3, -0.25) is 4.98 Å². The highest BCUT2D eigenvalue weighted by Crippen LogP contribution is 2.20. The maximum absolute atomic E-state index is 5.30. The summed E-state index contributed by atoms with van der Waals surface area (Å²) in [6, 6.07) is 8.08. The molecule has 0 unspecified atom stereocenters. The van der Waals surface area contributed by atoms with Crippen molar-refractivity contribution in [1.29, 1.82) is 0 Å². The third-order valence-electron chi connectivity index (χ3n) is 2.14. The predicted octanol–water partition coefficient (Wildman–Crippen LogP) is 0.502. The molecule has 0 amide bonds. The number of aromatic nitrogens is 1. The highest BCUT2D eigenvalue weighted by molar-refractivity contribution is 6.34. The van der Waals surface area contributed by atoms with Crippen LogP contribution >= 0.6 is 0 Å². The van der Waals surface area contributed by atoms with E-state index in [2.05, 4.69) is 4.98 Å². The molecule has 0 aliphatic carbocycles. The van der Waals surface area contributed by atoms with Crippen molar-refractivity contribution in [3.8, 4) is 5.75 Å². The van der Waals surface area contributed by atoms with Gasteiger partial charge in [-0.2, -0.15) is 0 Å². The Morgan fingerprint density at radius 1 is 1.31 bits per heavy atom. The Labute approximate surface area is 78.0 Å². The van der Waals surface area contributed by atoms with E-state index in [1.165, 1.54) is 0 Å². The standard InChI is InChI=1S/C10H10BNO/c1-13-9-8-5-3-2-4-7(8)6-12-10(9)11/h2-6H,11H2,1H3. The smallest absolute Gasteiger partial charge is 0.168 e. The first-order chi connectivity index (χ1) is 6.33. The first kappa shape index (κ1) is 8.11. The fourth-order valence-electron chi connectivity index (χ4n) is 1.49. The molecule has 0 N–H and O–H groups in total. The lowest BCUT2D eigenvalue weighted by Gasteiger charge is -2.07. The second kappa shape index (κ2) is 3.09. The molecule has 0 spiro atoms. The molecule has 1 aromatic heterocycles. The van der Waals surface area contributed by atoms with Gasteiger partial charge in [0.15, 0.2) is 7.85 Å². The van der Waals surface area contributed by atoms with E-state index in [1.807, 2.05) is 38.3 Å². The van der Waals surface area contributed by atoms with E-state index in [1.54, 1.807) is 7.11 Å². The Balaban J connectivity index is 2.84. The van der Waals surface area contributed by atoms with Crippen LogP contribution in [0.5, 0.6) is 5.75 Å². The van der Waals surface area contributed by atoms with Crippen LogP contribution < -0.4 is 10.3 Å². The van der Waals surface area contributed by atoms with Crippen LogP contribution in [0.2, 0.25) is 0 Å². The van der Waals surface area contributed by atoms with Gasteiger partial charge in [0.25, 0.3) is 0 Å². The number of methoxy groups -OCH3 is 1. The van der Waals surface area contributed by atoms with Gasteiger partial charge in [-0.05, 0) is 0 Å². The Kier molecular flexibility index (Phi) is 1.93. The summed E-state index contributed by atoms with van der Waals surface area (Å²) in [5.74, 6) is 0.873. The zero-order chi connectivity index (χ0) is 9.26. The predicted molar refractivity (Wildman–Crippen MR) is 56.5 cm³/mol. The minimum atomic E-state index is 0.873. The fourth-order valence-corrected chi connectivity index (χ4v) is 1.49. The molecule has 1 heterocycles. The molecule has 0 saturated carbocycles. The number of benzene rings is 1. The van der Waals surface area contributed by atoms with Crippen LogP contribution in [0.15, 0.2) is 30.5 Å². The topological polar surface area (TPSA) is 22.1 Å². The SMILES string of the molecule is Bc1ncc2ccccc2c1OC. The van der Waals surface area contributed by atoms with Gasteiger partial charge in [0.1, 0.15) is 5.75 Å². The number of rotatable bonds is 1. The van der Waals surface area contributed by atoms with Crippen LogP contribution in [0.4, 0.5) is 0 Å². The van der Waals surface area contributed by atoms with Gasteiger partial charge in [-0.25, -0.2) is 0 Å². The quantitative estimate of drug-likeness (QED) is 0.583. The Morgan fingerprint density at radius 3 is 2.85 bits per heavy atom. The summed E-state index contributed by atoms with van der Waals surface area (Å²) in [7, 11) is 3.63. The van der Waals surface area contributed by atoms with Gasteiger partial charge >= 0.3 is 0 Å². The van der Waals surface area contributed by atoms with Crippen LogP contribution in [0, 0.1) is 0 Å². The van der Waals surface area contributed by atoms with Crippen molar-refractivity contribution in [3.63, 3.8) is 0 Å². The normalized spacial score (nSPS) is 10.2. The molecule has 13 heavy (non-hydrogen) atoms. The molecular weight excluding hydrogens is 161 g/mol. The molecule has 0 atom stereocenters. The van der Waals surface area contributed by atoms with E-state index < -0.39 is 0 Å². The second-order valence-corrected chi connectivity index (χ2v) is 2.96. The van der Waals surface area contributed by atoms with Gasteiger partial charge in [-0.15, -0.1) is 0 Å². The van der Waals surface area contributed by atoms with E-state index in [0.717, 1.165) is 22.1 Å². The van der Waals surface area contributed by atoms with Crippen molar-refractivity contribution in [2.75, 3.05) is 7.11 Å². The highest BCUT2D eigenvalue weighted by Gasteiger charge is 2.03. The van der Waals surface area contributed by atoms with Crippen molar-refractivity contribution in [2.24, 2.45) is 0 Å². The van der Waals surface area contributed by atoms with Crippen LogP contribution in [-0.4, -0.2) is 19.9 Å². The third-order valence-corrected chi connectivity index (χ3v) is 2.14. The summed E-state index contributed by atoms with van der Waals surface area (Å²) in [6.45, 7) is 0. The maximum atomic E-state index is 5.30. The molecule has 0 radical (unpaired) electrons. The monoisotopic (exact) mass is 171 g/mol. The number of ether oxygens (including phenoxy) is 1. The molecule has 2 rings (SSSR count). The van der Waals surface area contributed by atoms with Gasteiger partial charge in [0.2, 0.25) is 0 Å². The van der Waals surface area contributed by atoms with E-state index in [-0.39, 0.29) is 0 Å². The van der Waals surface area contributed by atoms with Gasteiger partial charge in [0, 0.05) is 22.6 Å². The first-order valence-corrected chi connectivity index (χ1v) is 4.21. The summed E-state index contributed by atoms with van der Waals surface area (Å²) < 4.78 is 5.30. The van der Waals surface area contributed by atoms with Crippen LogP contribution in [0.25, 0.3) is 10.8 Å². The molecule has 0 bridgehead atoms. The first-order valence-electron chi connectivity index (χ1n) is 4.21. The van der Waals surface area contributed by atoms with Crippen LogP contribution in [0.1, 0.15) is 0 Å². The summed E-state index contributed by atoms with van der Waals surface area (Å²) >= 11 is 0. The fraction of sp³-hybridized carbons (Fsp3) is 0.100. The molecule has 0 aliphatic heterocycles. The molecule has 0 fully saturated rings. The summed E-state index contributed by atoms with van der Waals surface area (Å²) in [5, 5.41) is 2.24. The zero-order valence-electron chi connectivity index (χ0n) is 7.74. The van der Waals surface area contributed by atoms with Crippen molar-refractivity contribution in [2.45, 2.75) is 0 Å². The molecule has 0 saturated heterocycles. The molecule has 1 aromatic carbocycles. The summed E-state index contributed by atoms with van der Waals surface area (Å²) in [5.41, 5.74) is 0.932. The lowest BCUT2D eigenvalue weighted by molar-refractivity contribution is 0.422. The van der Waals surface area contributed by atoms with Crippen LogP contribution in [0.3, 0.4) is 0 Å². The molecular formula is C10H10BNO. The number of nitrogens with zero attached hydrogens (tertiary/aromatic N) is 1. The average molecular weight is 171 g/mol. The molecule has 0 aliphatic rings. The highest BCUT2D eigenvalue weighted by atomic mass is 16.5. The largest absolute Gasteiger partial charge is 0.495 e. The number of hydrogen-bond donors (Lipinski definition) is 0. The Morgan fingerprint density at radius 2 is 2.08 bits per heavy atom. The van der Waals surface area contributed by atoms with Gasteiger partial charge in [-0.1, -0.05) is 24.3 Å². The van der Waals surface area contributed by atoms with Crippen molar-refractivity contribution < 1.29 is 4.74 Å². The summed E-state index contributed by atoms with van der Waals surface area (Å²) in [6.07, 6.45) is 1.87. The molecule has 2 aromatic rings. The van der Waals surface area contributed by atoms with Crippen molar-refractivity contribution in [1.82, 2.24) is 4.98 Å². The Hall–Kier alpha value is -1.51. The molecule has 3 heteroatoms. The molecule has 2 nitrogen and oxygen atoms in total. The number of hydrogen-bond acceptors (Lipinski definition) is 2. The maximum Gasteiger partial charge on any atom is 0.168 e. The van der Waals surface area contributed by atoms with E-state index in [9.17, 15) is 0 Å². The van der Waals surface area contributed by atoms with Gasteiger partial charge < -0.3 is 4.74 Å². The molecule has 64 valence electrons. The Bertz CT molecular complexity index is 442. The number of fused-ring (bicyclic) bond motifs is 1. The summed E-state index contributed by atoms with van der Waals surface area (Å²) in [4.78, 5) is 4.25. The zero-order valence-corrected chi connectivity index (χ0v) is 7.74. The lowest BCUT2D eigenvalue weighted by Crippen LogP contribution is -2.11. The van der Waals surface area contributed by atoms with E-state index >= 15 is 0 Å². The lowest BCUT2D eigenvalue weighted by atomic mass is 9.99. The van der Waals surface area contributed by atoms with Crippen LogP contribution in [-0.2, 0) is 0 Å². The third kappa shape index (κ3) is 1.26. The van der Waals surface area contributed by atoms with Gasteiger partial charge in [0.05, 0.1) is 7.11 Å². The number of pyridine rings is 1. The average Bonchev–Trinajstić information content (AvgIpc) is 2.18. The van der Waals surface area contributed by atoms with Crippen molar-refractivity contribution in [3.05, 3.63) is 30.5 Å². The van der Waals surface area contributed by atoms with E-state index in [4.69, 9.17) is 4.74 Å². The second-order valence-electron chi connectivity index (χ2n) is 2.96. The van der Waals surface area contributed by atoms with E-state index in [0.29, 0.717) is 0 Å². The van der Waals surface area contributed by atoms with Crippen molar-refractivity contribution >= 4 is 24.2 Å². The minimum Gasteiger partial charge on any atom is -0.495 e. The minimum absolute atomic E-state index is 0.873.